The molecule has 0 radical (unpaired) electrons. The third-order valence-corrected chi connectivity index (χ3v) is 3.81. The Bertz CT molecular complexity index is 789. The molecule has 0 bridgehead atoms. The van der Waals surface area contributed by atoms with Gasteiger partial charge < -0.3 is 16.0 Å². The van der Waals surface area contributed by atoms with Crippen molar-refractivity contribution in [1.82, 2.24) is 15.6 Å². The van der Waals surface area contributed by atoms with Gasteiger partial charge in [-0.3, -0.25) is 4.79 Å². The third kappa shape index (κ3) is 7.05. The van der Waals surface area contributed by atoms with Crippen molar-refractivity contribution < 1.29 is 9.18 Å². The zero-order valence-corrected chi connectivity index (χ0v) is 16.0. The number of rotatable bonds is 7. The summed E-state index contributed by atoms with van der Waals surface area (Å²) < 4.78 is 13.3. The molecule has 1 aromatic heterocycles. The average Bonchev–Trinajstić information content (AvgIpc) is 2.64. The van der Waals surface area contributed by atoms with Gasteiger partial charge in [0.25, 0.3) is 0 Å². The van der Waals surface area contributed by atoms with E-state index in [1.165, 1.54) is 6.07 Å². The molecular weight excluding hydrogens is 345 g/mol. The van der Waals surface area contributed by atoms with Crippen LogP contribution in [0.4, 0.5) is 10.2 Å². The molecule has 27 heavy (non-hydrogen) atoms. The van der Waals surface area contributed by atoms with Gasteiger partial charge in [-0.15, -0.1) is 0 Å². The van der Waals surface area contributed by atoms with Crippen LogP contribution in [0.15, 0.2) is 41.5 Å². The van der Waals surface area contributed by atoms with E-state index >= 15 is 0 Å². The summed E-state index contributed by atoms with van der Waals surface area (Å²) in [5.74, 6) is 0.810. The molecule has 0 spiro atoms. The molecule has 2 aromatic rings. The molecule has 1 aromatic carbocycles. The van der Waals surface area contributed by atoms with E-state index < -0.39 is 0 Å². The minimum Gasteiger partial charge on any atom is -0.357 e. The summed E-state index contributed by atoms with van der Waals surface area (Å²) in [5, 5.41) is 9.01. The van der Waals surface area contributed by atoms with Crippen molar-refractivity contribution in [3.8, 4) is 0 Å². The van der Waals surface area contributed by atoms with Crippen LogP contribution in [0.25, 0.3) is 0 Å². The predicted molar refractivity (Wildman–Crippen MR) is 106 cm³/mol. The minimum absolute atomic E-state index is 0.121. The van der Waals surface area contributed by atoms with E-state index in [9.17, 15) is 9.18 Å². The van der Waals surface area contributed by atoms with Gasteiger partial charge in [0, 0.05) is 25.7 Å². The maximum Gasteiger partial charge on any atom is 0.227 e. The summed E-state index contributed by atoms with van der Waals surface area (Å²) in [6.45, 7) is 7.20. The van der Waals surface area contributed by atoms with E-state index in [-0.39, 0.29) is 18.1 Å². The number of halogens is 1. The van der Waals surface area contributed by atoms with Crippen LogP contribution < -0.4 is 16.0 Å². The predicted octanol–water partition coefficient (Wildman–Crippen LogP) is 2.92. The number of amides is 1. The van der Waals surface area contributed by atoms with E-state index in [1.807, 2.05) is 19.9 Å². The Kier molecular flexibility index (Phi) is 7.73. The van der Waals surface area contributed by atoms with Gasteiger partial charge in [0.2, 0.25) is 5.91 Å². The van der Waals surface area contributed by atoms with E-state index in [4.69, 9.17) is 0 Å². The molecule has 6 nitrogen and oxygen atoms in total. The number of carbonyl (C=O) groups excluding carboxylic acids is 1. The number of nitrogens with one attached hydrogen (secondary N) is 3. The van der Waals surface area contributed by atoms with Crippen molar-refractivity contribution in [1.29, 1.82) is 0 Å². The van der Waals surface area contributed by atoms with Crippen molar-refractivity contribution in [3.05, 3.63) is 59.0 Å². The minimum atomic E-state index is -0.221. The number of nitrogens with zero attached hydrogens (tertiary/aromatic N) is 2. The quantitative estimate of drug-likeness (QED) is 0.517. The van der Waals surface area contributed by atoms with Gasteiger partial charge in [-0.1, -0.05) is 18.2 Å². The SMILES string of the molecule is CCNC(=NCc1ccc(F)c(C)c1)NCCC(=O)Nc1ccc(C)cn1. The van der Waals surface area contributed by atoms with Gasteiger partial charge in [0.05, 0.1) is 6.54 Å². The normalized spacial score (nSPS) is 11.2. The highest BCUT2D eigenvalue weighted by Gasteiger charge is 2.05. The number of carbonyl (C=O) groups is 1. The first kappa shape index (κ1) is 20.4. The maximum atomic E-state index is 13.3. The fraction of sp³-hybridized carbons (Fsp3) is 0.350. The Hall–Kier alpha value is -2.96. The van der Waals surface area contributed by atoms with E-state index in [0.717, 1.165) is 11.1 Å². The molecule has 0 fully saturated rings. The molecule has 1 heterocycles. The standard InChI is InChI=1S/C20H26FN5O/c1-4-22-20(25-13-16-6-7-17(21)15(3)11-16)23-10-9-19(27)26-18-8-5-14(2)12-24-18/h5-8,11-12H,4,9-10,13H2,1-3H3,(H2,22,23,25)(H,24,26,27). The van der Waals surface area contributed by atoms with Gasteiger partial charge in [0.1, 0.15) is 11.6 Å². The zero-order chi connectivity index (χ0) is 19.6. The number of hydrogen-bond acceptors (Lipinski definition) is 3. The lowest BCUT2D eigenvalue weighted by molar-refractivity contribution is -0.116. The summed E-state index contributed by atoms with van der Waals surface area (Å²) in [7, 11) is 0. The lowest BCUT2D eigenvalue weighted by Crippen LogP contribution is -2.38. The Morgan fingerprint density at radius 2 is 2.00 bits per heavy atom. The first-order chi connectivity index (χ1) is 13.0. The van der Waals surface area contributed by atoms with E-state index in [0.29, 0.717) is 37.0 Å². The number of guanidine groups is 1. The summed E-state index contributed by atoms with van der Waals surface area (Å²) in [6.07, 6.45) is 2.00. The number of anilines is 1. The molecule has 0 aliphatic carbocycles. The molecule has 2 rings (SSSR count). The van der Waals surface area contributed by atoms with Crippen molar-refractivity contribution >= 4 is 17.7 Å². The molecule has 0 aliphatic heterocycles. The molecule has 7 heteroatoms. The van der Waals surface area contributed by atoms with Crippen molar-refractivity contribution in [2.75, 3.05) is 18.4 Å². The van der Waals surface area contributed by atoms with E-state index in [1.54, 1.807) is 31.3 Å². The van der Waals surface area contributed by atoms with Gasteiger partial charge in [0.15, 0.2) is 5.96 Å². The van der Waals surface area contributed by atoms with Crippen LogP contribution in [0, 0.1) is 19.7 Å². The lowest BCUT2D eigenvalue weighted by Gasteiger charge is -2.11. The highest BCUT2D eigenvalue weighted by Crippen LogP contribution is 2.10. The number of aryl methyl sites for hydroxylation is 2. The van der Waals surface area contributed by atoms with E-state index in [2.05, 4.69) is 25.9 Å². The fourth-order valence-electron chi connectivity index (χ4n) is 2.36. The maximum absolute atomic E-state index is 13.3. The number of pyridine rings is 1. The van der Waals surface area contributed by atoms with Gasteiger partial charge in [-0.05, 0) is 49.6 Å². The van der Waals surface area contributed by atoms with Crippen LogP contribution >= 0.6 is 0 Å². The van der Waals surface area contributed by atoms with Crippen LogP contribution in [-0.2, 0) is 11.3 Å². The molecule has 144 valence electrons. The smallest absolute Gasteiger partial charge is 0.227 e. The molecule has 0 aliphatic rings. The summed E-state index contributed by atoms with van der Waals surface area (Å²) in [4.78, 5) is 20.6. The molecule has 0 saturated carbocycles. The second kappa shape index (κ2) is 10.3. The second-order valence-corrected chi connectivity index (χ2v) is 6.22. The number of hydrogen-bond donors (Lipinski definition) is 3. The number of aromatic nitrogens is 1. The van der Waals surface area contributed by atoms with Crippen LogP contribution in [0.2, 0.25) is 0 Å². The van der Waals surface area contributed by atoms with Crippen LogP contribution in [0.3, 0.4) is 0 Å². The van der Waals surface area contributed by atoms with Gasteiger partial charge in [-0.2, -0.15) is 0 Å². The summed E-state index contributed by atoms with van der Waals surface area (Å²) in [6, 6.07) is 8.62. The molecule has 3 N–H and O–H groups in total. The molecule has 1 amide bonds. The highest BCUT2D eigenvalue weighted by atomic mass is 19.1. The molecule has 0 saturated heterocycles. The highest BCUT2D eigenvalue weighted by molar-refractivity contribution is 5.90. The Morgan fingerprint density at radius 1 is 1.19 bits per heavy atom. The summed E-state index contributed by atoms with van der Waals surface area (Å²) >= 11 is 0. The van der Waals surface area contributed by atoms with Crippen LogP contribution in [-0.4, -0.2) is 29.9 Å². The Balaban J connectivity index is 1.83. The second-order valence-electron chi connectivity index (χ2n) is 6.22. The topological polar surface area (TPSA) is 78.4 Å². The first-order valence-electron chi connectivity index (χ1n) is 8.97. The number of benzene rings is 1. The van der Waals surface area contributed by atoms with Crippen LogP contribution in [0.5, 0.6) is 0 Å². The third-order valence-electron chi connectivity index (χ3n) is 3.81. The van der Waals surface area contributed by atoms with Crippen molar-refractivity contribution in [3.63, 3.8) is 0 Å². The Morgan fingerprint density at radius 3 is 2.67 bits per heavy atom. The van der Waals surface area contributed by atoms with Gasteiger partial charge in [-0.25, -0.2) is 14.4 Å². The molecule has 0 atom stereocenters. The Labute approximate surface area is 159 Å². The molecular formula is C20H26FN5O. The lowest BCUT2D eigenvalue weighted by atomic mass is 10.1. The van der Waals surface area contributed by atoms with Crippen LogP contribution in [0.1, 0.15) is 30.0 Å². The summed E-state index contributed by atoms with van der Waals surface area (Å²) in [5.41, 5.74) is 2.56. The number of aliphatic imine (C=N–C) groups is 1. The zero-order valence-electron chi connectivity index (χ0n) is 16.0. The molecule has 0 unspecified atom stereocenters. The fourth-order valence-corrected chi connectivity index (χ4v) is 2.36. The van der Waals surface area contributed by atoms with Crippen molar-refractivity contribution in [2.24, 2.45) is 4.99 Å². The average molecular weight is 371 g/mol. The van der Waals surface area contributed by atoms with Crippen molar-refractivity contribution in [2.45, 2.75) is 33.7 Å². The van der Waals surface area contributed by atoms with Gasteiger partial charge >= 0.3 is 0 Å². The largest absolute Gasteiger partial charge is 0.357 e. The monoisotopic (exact) mass is 371 g/mol. The first-order valence-corrected chi connectivity index (χ1v) is 8.97.